The standard InChI is InChI=1S/C21H30N4O5/c1-3-20(26)25(13-17-7-5-10-29-17)12-16-6-4-9-24(16)14-19-23-18(15-30-19)21(27)22-8-11-28-2/h4,6,9,15,17H,3,5,7-8,10-14H2,1-2H3,(H,22,27)/t17-/m0/s1. The van der Waals surface area contributed by atoms with E-state index in [9.17, 15) is 9.59 Å². The van der Waals surface area contributed by atoms with Gasteiger partial charge in [0, 0.05) is 45.1 Å². The molecule has 2 aromatic rings. The average molecular weight is 418 g/mol. The number of carbonyl (C=O) groups is 2. The number of nitrogens with one attached hydrogen (secondary N) is 1. The molecule has 2 amide bonds. The van der Waals surface area contributed by atoms with Crippen LogP contribution in [-0.4, -0.2) is 65.8 Å². The van der Waals surface area contributed by atoms with Crippen LogP contribution in [0.1, 0.15) is 48.3 Å². The highest BCUT2D eigenvalue weighted by Gasteiger charge is 2.23. The molecule has 0 radical (unpaired) electrons. The van der Waals surface area contributed by atoms with Crippen molar-refractivity contribution in [2.45, 2.75) is 45.4 Å². The molecule has 30 heavy (non-hydrogen) atoms. The lowest BCUT2D eigenvalue weighted by atomic mass is 10.2. The zero-order valence-electron chi connectivity index (χ0n) is 17.6. The van der Waals surface area contributed by atoms with Crippen LogP contribution in [0.2, 0.25) is 0 Å². The van der Waals surface area contributed by atoms with Gasteiger partial charge >= 0.3 is 0 Å². The number of hydrogen-bond donors (Lipinski definition) is 1. The summed E-state index contributed by atoms with van der Waals surface area (Å²) in [7, 11) is 1.57. The van der Waals surface area contributed by atoms with Crippen molar-refractivity contribution >= 4 is 11.8 Å². The SMILES string of the molecule is CCC(=O)N(Cc1cccn1Cc1nc(C(=O)NCCOC)co1)C[C@@H]1CCCO1. The Bertz CT molecular complexity index is 825. The van der Waals surface area contributed by atoms with Crippen LogP contribution in [0.3, 0.4) is 0 Å². The molecule has 2 aromatic heterocycles. The predicted octanol–water partition coefficient (Wildman–Crippen LogP) is 1.82. The second-order valence-corrected chi connectivity index (χ2v) is 7.27. The number of rotatable bonds is 11. The van der Waals surface area contributed by atoms with E-state index >= 15 is 0 Å². The lowest BCUT2D eigenvalue weighted by Gasteiger charge is -2.25. The minimum Gasteiger partial charge on any atom is -0.446 e. The number of amides is 2. The van der Waals surface area contributed by atoms with Crippen LogP contribution in [0.15, 0.2) is 29.0 Å². The van der Waals surface area contributed by atoms with Crippen LogP contribution in [0.4, 0.5) is 0 Å². The summed E-state index contributed by atoms with van der Waals surface area (Å²) in [6.07, 6.45) is 5.86. The van der Waals surface area contributed by atoms with Crippen molar-refractivity contribution in [2.24, 2.45) is 0 Å². The largest absolute Gasteiger partial charge is 0.446 e. The number of carbonyl (C=O) groups excluding carboxylic acids is 2. The van der Waals surface area contributed by atoms with Gasteiger partial charge in [-0.2, -0.15) is 0 Å². The van der Waals surface area contributed by atoms with Gasteiger partial charge in [0.2, 0.25) is 11.8 Å². The van der Waals surface area contributed by atoms with Gasteiger partial charge in [-0.1, -0.05) is 6.92 Å². The van der Waals surface area contributed by atoms with Crippen molar-refractivity contribution < 1.29 is 23.5 Å². The third kappa shape index (κ3) is 5.93. The Labute approximate surface area is 176 Å². The maximum Gasteiger partial charge on any atom is 0.273 e. The van der Waals surface area contributed by atoms with E-state index in [1.807, 2.05) is 34.7 Å². The summed E-state index contributed by atoms with van der Waals surface area (Å²) in [5.41, 5.74) is 1.20. The van der Waals surface area contributed by atoms with Gasteiger partial charge in [0.25, 0.3) is 5.91 Å². The Balaban J connectivity index is 1.63. The first-order valence-corrected chi connectivity index (χ1v) is 10.4. The topological polar surface area (TPSA) is 98.8 Å². The van der Waals surface area contributed by atoms with Crippen LogP contribution in [0.5, 0.6) is 0 Å². The predicted molar refractivity (Wildman–Crippen MR) is 109 cm³/mol. The molecule has 1 fully saturated rings. The molecule has 0 saturated carbocycles. The first kappa shape index (κ1) is 22.0. The first-order chi connectivity index (χ1) is 14.6. The normalized spacial score (nSPS) is 16.0. The van der Waals surface area contributed by atoms with Crippen molar-refractivity contribution in [2.75, 3.05) is 33.4 Å². The van der Waals surface area contributed by atoms with Crippen LogP contribution in [-0.2, 0) is 27.4 Å². The van der Waals surface area contributed by atoms with E-state index in [2.05, 4.69) is 10.3 Å². The fourth-order valence-electron chi connectivity index (χ4n) is 3.45. The zero-order valence-corrected chi connectivity index (χ0v) is 17.6. The van der Waals surface area contributed by atoms with Gasteiger partial charge in [-0.25, -0.2) is 4.98 Å². The van der Waals surface area contributed by atoms with Crippen molar-refractivity contribution in [3.63, 3.8) is 0 Å². The second kappa shape index (κ2) is 10.9. The lowest BCUT2D eigenvalue weighted by molar-refractivity contribution is -0.133. The van der Waals surface area contributed by atoms with Gasteiger partial charge < -0.3 is 28.7 Å². The molecule has 0 bridgehead atoms. The number of hydrogen-bond acceptors (Lipinski definition) is 6. The monoisotopic (exact) mass is 418 g/mol. The second-order valence-electron chi connectivity index (χ2n) is 7.27. The molecule has 0 aromatic carbocycles. The zero-order chi connectivity index (χ0) is 21.3. The minimum atomic E-state index is -0.300. The third-order valence-electron chi connectivity index (χ3n) is 5.06. The Hall–Kier alpha value is -2.65. The average Bonchev–Trinajstić information content (AvgIpc) is 3.50. The molecule has 9 heteroatoms. The third-order valence-corrected chi connectivity index (χ3v) is 5.06. The molecule has 1 saturated heterocycles. The summed E-state index contributed by atoms with van der Waals surface area (Å²) in [4.78, 5) is 30.7. The van der Waals surface area contributed by atoms with Gasteiger partial charge in [-0.3, -0.25) is 9.59 Å². The van der Waals surface area contributed by atoms with Crippen molar-refractivity contribution in [1.29, 1.82) is 0 Å². The Morgan fingerprint density at radius 3 is 3.03 bits per heavy atom. The molecular formula is C21H30N4O5. The van der Waals surface area contributed by atoms with Crippen LogP contribution < -0.4 is 5.32 Å². The molecule has 1 aliphatic rings. The highest BCUT2D eigenvalue weighted by Crippen LogP contribution is 2.17. The molecule has 164 valence electrons. The van der Waals surface area contributed by atoms with Crippen LogP contribution in [0, 0.1) is 0 Å². The molecule has 0 aliphatic carbocycles. The number of oxazole rings is 1. The van der Waals surface area contributed by atoms with E-state index in [-0.39, 0.29) is 23.6 Å². The fraction of sp³-hybridized carbons (Fsp3) is 0.571. The summed E-state index contributed by atoms with van der Waals surface area (Å²) >= 11 is 0. The molecule has 3 heterocycles. The molecule has 1 aliphatic heterocycles. The van der Waals surface area contributed by atoms with Gasteiger partial charge in [0.05, 0.1) is 25.8 Å². The Morgan fingerprint density at radius 2 is 2.30 bits per heavy atom. The van der Waals surface area contributed by atoms with E-state index in [1.54, 1.807) is 7.11 Å². The highest BCUT2D eigenvalue weighted by atomic mass is 16.5. The van der Waals surface area contributed by atoms with Gasteiger partial charge in [0.1, 0.15) is 6.26 Å². The van der Waals surface area contributed by atoms with Gasteiger partial charge in [0.15, 0.2) is 5.69 Å². The van der Waals surface area contributed by atoms with Crippen LogP contribution >= 0.6 is 0 Å². The fourth-order valence-corrected chi connectivity index (χ4v) is 3.45. The summed E-state index contributed by atoms with van der Waals surface area (Å²) in [6, 6.07) is 3.91. The summed E-state index contributed by atoms with van der Waals surface area (Å²) in [5.74, 6) is 0.229. The molecule has 0 unspecified atom stereocenters. The van der Waals surface area contributed by atoms with E-state index in [1.165, 1.54) is 6.26 Å². The van der Waals surface area contributed by atoms with Gasteiger partial charge in [-0.05, 0) is 25.0 Å². The first-order valence-electron chi connectivity index (χ1n) is 10.4. The van der Waals surface area contributed by atoms with Crippen molar-refractivity contribution in [1.82, 2.24) is 19.8 Å². The molecule has 3 rings (SSSR count). The van der Waals surface area contributed by atoms with Crippen molar-refractivity contribution in [3.05, 3.63) is 41.9 Å². The quantitative estimate of drug-likeness (QED) is 0.559. The number of methoxy groups -OCH3 is 1. The Kier molecular flexibility index (Phi) is 8.04. The van der Waals surface area contributed by atoms with E-state index in [0.717, 1.165) is 25.1 Å². The molecule has 9 nitrogen and oxygen atoms in total. The smallest absolute Gasteiger partial charge is 0.273 e. The lowest BCUT2D eigenvalue weighted by Crippen LogP contribution is -2.37. The van der Waals surface area contributed by atoms with E-state index in [4.69, 9.17) is 13.9 Å². The van der Waals surface area contributed by atoms with Crippen LogP contribution in [0.25, 0.3) is 0 Å². The maximum absolute atomic E-state index is 12.5. The molecule has 1 atom stereocenters. The van der Waals surface area contributed by atoms with E-state index in [0.29, 0.717) is 45.1 Å². The van der Waals surface area contributed by atoms with E-state index < -0.39 is 0 Å². The molecule has 0 spiro atoms. The van der Waals surface area contributed by atoms with Gasteiger partial charge in [-0.15, -0.1) is 0 Å². The Morgan fingerprint density at radius 1 is 1.43 bits per heavy atom. The number of ether oxygens (including phenoxy) is 2. The highest BCUT2D eigenvalue weighted by molar-refractivity contribution is 5.91. The summed E-state index contributed by atoms with van der Waals surface area (Å²) < 4.78 is 18.1. The number of nitrogens with zero attached hydrogens (tertiary/aromatic N) is 3. The summed E-state index contributed by atoms with van der Waals surface area (Å²) in [6.45, 7) is 4.94. The number of aromatic nitrogens is 2. The molecule has 1 N–H and O–H groups in total. The minimum absolute atomic E-state index is 0.101. The summed E-state index contributed by atoms with van der Waals surface area (Å²) in [5, 5.41) is 2.71. The van der Waals surface area contributed by atoms with Crippen molar-refractivity contribution in [3.8, 4) is 0 Å². The maximum atomic E-state index is 12.5. The molecular weight excluding hydrogens is 388 g/mol.